The van der Waals surface area contributed by atoms with Crippen LogP contribution in [-0.2, 0) is 66.3 Å². The first-order valence-corrected chi connectivity index (χ1v) is 29.3. The molecule has 0 radical (unpaired) electrons. The minimum atomic E-state index is -2.24. The first-order valence-electron chi connectivity index (χ1n) is 29.3. The molecule has 0 amide bonds. The molecule has 38 heteroatoms. The van der Waals surface area contributed by atoms with Crippen molar-refractivity contribution in [2.75, 3.05) is 46.2 Å². The van der Waals surface area contributed by atoms with Gasteiger partial charge in [-0.15, -0.1) is 0 Å². The van der Waals surface area contributed by atoms with Gasteiger partial charge in [0.2, 0.25) is 0 Å². The molecule has 92 heavy (non-hydrogen) atoms. The van der Waals surface area contributed by atoms with Crippen LogP contribution in [0.3, 0.4) is 0 Å². The fraction of sp³-hybridized carbons (Fsp3) is 0.778. The normalized spacial score (nSPS) is 48.2. The second-order valence-electron chi connectivity index (χ2n) is 23.0. The zero-order chi connectivity index (χ0) is 66.1. The predicted molar refractivity (Wildman–Crippen MR) is 286 cm³/mol. The first-order chi connectivity index (χ1) is 44.0. The summed E-state index contributed by atoms with van der Waals surface area (Å²) in [5, 5.41) is 242. The van der Waals surface area contributed by atoms with E-state index in [2.05, 4.69) is 10.2 Å². The molecule has 23 rings (SSSR count). The minimum absolute atomic E-state index is 0.0101. The summed E-state index contributed by atoms with van der Waals surface area (Å²) in [5.41, 5.74) is 0.744. The molecule has 2 aromatic rings. The van der Waals surface area contributed by atoms with Gasteiger partial charge in [0, 0.05) is 0 Å². The fourth-order valence-electron chi connectivity index (χ4n) is 11.8. The monoisotopic (exact) mass is 1330 g/mol. The lowest BCUT2D eigenvalue weighted by atomic mass is 9.95. The van der Waals surface area contributed by atoms with Crippen LogP contribution >= 0.6 is 0 Å². The van der Waals surface area contributed by atoms with Crippen LogP contribution in [0.15, 0.2) is 58.8 Å². The lowest BCUT2D eigenvalue weighted by Gasteiger charge is -2.50. The summed E-state index contributed by atoms with van der Waals surface area (Å²) in [5.74, 6) is 0.125. The second kappa shape index (κ2) is 30.8. The average molecular weight is 1330 g/mol. The van der Waals surface area contributed by atoms with Gasteiger partial charge in [-0.25, -0.2) is 0 Å². The Morgan fingerprint density at radius 3 is 0.674 bits per heavy atom. The molecule has 38 nitrogen and oxygen atoms in total. The van der Waals surface area contributed by atoms with Crippen LogP contribution in [0.4, 0.5) is 11.4 Å². The van der Waals surface area contributed by atoms with Crippen molar-refractivity contribution in [3.05, 3.63) is 48.5 Å². The summed E-state index contributed by atoms with van der Waals surface area (Å²) in [6.07, 6.45) is -71.0. The van der Waals surface area contributed by atoms with Gasteiger partial charge in [0.15, 0.2) is 44.0 Å². The van der Waals surface area contributed by atoms with Gasteiger partial charge in [-0.2, -0.15) is 10.2 Å². The highest BCUT2D eigenvalue weighted by molar-refractivity contribution is 5.44. The van der Waals surface area contributed by atoms with Crippen LogP contribution < -0.4 is 4.74 Å². The maximum absolute atomic E-state index is 11.9. The van der Waals surface area contributed by atoms with E-state index in [0.717, 1.165) is 0 Å². The molecule has 0 unspecified atom stereocenters. The summed E-state index contributed by atoms with van der Waals surface area (Å²) in [7, 11) is 0. The van der Waals surface area contributed by atoms with E-state index in [4.69, 9.17) is 71.1 Å². The van der Waals surface area contributed by atoms with E-state index >= 15 is 0 Å². The van der Waals surface area contributed by atoms with E-state index < -0.39 is 261 Å². The average Bonchev–Trinajstić information content (AvgIpc) is 0.789. The lowest BCUT2D eigenvalue weighted by Crippen LogP contribution is -2.68. The Morgan fingerprint density at radius 1 is 0.261 bits per heavy atom. The molecule has 0 aliphatic carbocycles. The number of aromatic hydroxyl groups is 1. The predicted octanol–water partition coefficient (Wildman–Crippen LogP) is -11.0. The Balaban J connectivity index is 0.937. The van der Waals surface area contributed by atoms with Crippen molar-refractivity contribution in [2.45, 2.75) is 215 Å². The van der Waals surface area contributed by atoms with Gasteiger partial charge in [0.25, 0.3) is 0 Å². The molecule has 21 saturated heterocycles. The maximum atomic E-state index is 11.9. The molecule has 21 heterocycles. The van der Waals surface area contributed by atoms with Crippen molar-refractivity contribution in [1.29, 1.82) is 0 Å². The van der Waals surface area contributed by atoms with Gasteiger partial charge >= 0.3 is 0 Å². The van der Waals surface area contributed by atoms with Gasteiger partial charge in [-0.1, -0.05) is 0 Å². The highest BCUT2D eigenvalue weighted by Crippen LogP contribution is 2.39. The quantitative estimate of drug-likeness (QED) is 0.0929. The van der Waals surface area contributed by atoms with Gasteiger partial charge in [-0.05, 0) is 48.5 Å². The van der Waals surface area contributed by atoms with E-state index in [1.165, 1.54) is 48.5 Å². The zero-order valence-electron chi connectivity index (χ0n) is 48.2. The molecule has 35 atom stereocenters. The van der Waals surface area contributed by atoms with Crippen LogP contribution in [-0.4, -0.2) is 368 Å². The lowest BCUT2D eigenvalue weighted by molar-refractivity contribution is -0.396. The maximum Gasteiger partial charge on any atom is 0.187 e. The van der Waals surface area contributed by atoms with Gasteiger partial charge < -0.3 is 178 Å². The standard InChI is InChI=1S/C54H78N2O36/c57-9-20-41-28(65)35(72)49(80-20)88-43-22(11-59)82-51(37(74)30(43)67)90-45-24(13-61)84-53(39(76)32(45)69)92-47-26(15-78-19-7-3-17(4-8-19)56-55-16-1-5-18(63)6-2-16)85-54(40(77)33(47)70)91-46-25(14-62)83-52(38(75)31(46)68)89-44-23(12-60)81-50(36(73)29(44)66)87-42-21(10-58)79-48(86-41)34(71)27(42)64/h1-8,20-54,57-77H,9-15H2/t20-,21-,22-,23-,24-,25-,26-,27-,28-,29-,30-,31-,32-,33-,34-,35-,36-,37-,38-,39-,40-,41-,42-,43-,44-,45-,46-,47-,48-,49-,50-,51-,52-,53-,54-/m1/s1. The number of rotatable bonds is 11. The largest absolute Gasteiger partial charge is 0.508 e. The SMILES string of the molecule is OC[C@H]1O[C@@H]2O[C@H]3[C@H](O)[C@@H](O)[C@@H](O[C@H]4[C@H](O)[C@@H](O)[C@@H](O[C@H]5[C@H](O)[C@@H](O)[C@@H](O[C@H]6[C@H](O)[C@@H](O)[C@@H](O[C@H]7[C@H](O)[C@@H](O)[C@@H](O[C@H]8[C@H](O)[C@@H](O)[C@@H](O[C@H]1[C@H](O)[C@H]2O)O[C@@H]8CO)O[C@@H]7CO)O[C@@H]6CO)O[C@@H]5COc1ccc(N=Nc2ccc(O)cc2)cc1)O[C@@H]4CO)O[C@@H]3CO. The highest BCUT2D eigenvalue weighted by atomic mass is 16.8. The number of hydrogen-bond acceptors (Lipinski definition) is 38. The Morgan fingerprint density at radius 2 is 0.457 bits per heavy atom. The van der Waals surface area contributed by atoms with E-state index in [0.29, 0.717) is 11.4 Å². The van der Waals surface area contributed by atoms with E-state index in [1.54, 1.807) is 0 Å². The third-order valence-corrected chi connectivity index (χ3v) is 17.0. The summed E-state index contributed by atoms with van der Waals surface area (Å²) in [6, 6.07) is 11.7. The summed E-state index contributed by atoms with van der Waals surface area (Å²) >= 11 is 0. The Labute approximate surface area is 520 Å². The third kappa shape index (κ3) is 14.7. The number of phenolic OH excluding ortho intramolecular Hbond substituents is 1. The van der Waals surface area contributed by atoms with E-state index in [1.807, 2.05) is 0 Å². The Hall–Kier alpha value is -3.72. The van der Waals surface area contributed by atoms with Crippen molar-refractivity contribution < 1.29 is 178 Å². The fourth-order valence-corrected chi connectivity index (χ4v) is 11.8. The Bertz CT molecular complexity index is 2630. The van der Waals surface area contributed by atoms with Crippen LogP contribution in [0.1, 0.15) is 0 Å². The zero-order valence-corrected chi connectivity index (χ0v) is 48.2. The summed E-state index contributed by atoms with van der Waals surface area (Å²) < 4.78 is 87.5. The number of aliphatic hydroxyl groups excluding tert-OH is 20. The summed E-state index contributed by atoms with van der Waals surface area (Å²) in [4.78, 5) is 0. The number of hydrogen-bond donors (Lipinski definition) is 21. The third-order valence-electron chi connectivity index (χ3n) is 17.0. The molecule has 2 aromatic carbocycles. The number of azo groups is 1. The van der Waals surface area contributed by atoms with Gasteiger partial charge in [0.05, 0.1) is 51.0 Å². The molecule has 0 aromatic heterocycles. The number of nitrogens with zero attached hydrogens (tertiary/aromatic N) is 2. The van der Waals surface area contributed by atoms with Crippen molar-refractivity contribution in [2.24, 2.45) is 10.2 Å². The second-order valence-corrected chi connectivity index (χ2v) is 23.0. The number of phenols is 1. The number of ether oxygens (including phenoxy) is 15. The van der Waals surface area contributed by atoms with Crippen molar-refractivity contribution in [1.82, 2.24) is 0 Å². The van der Waals surface area contributed by atoms with Gasteiger partial charge in [-0.3, -0.25) is 0 Å². The highest BCUT2D eigenvalue weighted by Gasteiger charge is 2.60. The van der Waals surface area contributed by atoms with E-state index in [-0.39, 0.29) is 11.5 Å². The molecule has 21 aliphatic rings. The topological polar surface area (TPSA) is 588 Å². The van der Waals surface area contributed by atoms with Crippen LogP contribution in [0.25, 0.3) is 0 Å². The number of benzene rings is 2. The molecular weight excluding hydrogens is 1250 g/mol. The first kappa shape index (κ1) is 71.1. The van der Waals surface area contributed by atoms with Crippen LogP contribution in [0, 0.1) is 0 Å². The molecule has 0 spiro atoms. The smallest absolute Gasteiger partial charge is 0.187 e. The molecule has 14 bridgehead atoms. The summed E-state index contributed by atoms with van der Waals surface area (Å²) in [6.45, 7) is -7.02. The molecule has 21 N–H and O–H groups in total. The molecule has 21 fully saturated rings. The molecule has 21 aliphatic heterocycles. The van der Waals surface area contributed by atoms with Gasteiger partial charge in [0.1, 0.15) is 189 Å². The van der Waals surface area contributed by atoms with Crippen LogP contribution in [0.5, 0.6) is 11.5 Å². The van der Waals surface area contributed by atoms with Crippen LogP contribution in [0.2, 0.25) is 0 Å². The molecule has 520 valence electrons. The van der Waals surface area contributed by atoms with Crippen molar-refractivity contribution in [3.63, 3.8) is 0 Å². The minimum Gasteiger partial charge on any atom is -0.508 e. The van der Waals surface area contributed by atoms with E-state index in [9.17, 15) is 107 Å². The van der Waals surface area contributed by atoms with Crippen molar-refractivity contribution in [3.8, 4) is 11.5 Å². The Kier molecular flexibility index (Phi) is 23.8. The number of aliphatic hydroxyl groups is 20. The molecule has 0 saturated carbocycles. The van der Waals surface area contributed by atoms with Crippen molar-refractivity contribution >= 4 is 11.4 Å². The molecular formula is C54H78N2O36.